The molecule has 2 fully saturated rings. The molecule has 0 radical (unpaired) electrons. The number of esters is 1. The third-order valence-corrected chi connectivity index (χ3v) is 8.51. The van der Waals surface area contributed by atoms with Crippen LogP contribution in [0.3, 0.4) is 0 Å². The van der Waals surface area contributed by atoms with Crippen LogP contribution < -0.4 is 5.32 Å². The second-order valence-corrected chi connectivity index (χ2v) is 11.9. The summed E-state index contributed by atoms with van der Waals surface area (Å²) in [5.74, 6) is -1.22. The lowest BCUT2D eigenvalue weighted by Gasteiger charge is -2.53. The molecule has 1 aliphatic carbocycles. The summed E-state index contributed by atoms with van der Waals surface area (Å²) in [5, 5.41) is 3.84. The molecule has 9 heteroatoms. The van der Waals surface area contributed by atoms with E-state index in [0.717, 1.165) is 25.7 Å². The van der Waals surface area contributed by atoms with Crippen molar-refractivity contribution in [3.05, 3.63) is 45.6 Å². The van der Waals surface area contributed by atoms with Gasteiger partial charge in [-0.1, -0.05) is 56.5 Å². The maximum absolute atomic E-state index is 14.1. The molecule has 4 atom stereocenters. The van der Waals surface area contributed by atoms with E-state index in [1.54, 1.807) is 23.1 Å². The maximum Gasteiger partial charge on any atom is 0.320 e. The number of unbranched alkanes of at least 4 members (excludes halogenated alkanes) is 1. The van der Waals surface area contributed by atoms with Gasteiger partial charge in [-0.2, -0.15) is 0 Å². The van der Waals surface area contributed by atoms with Crippen LogP contribution in [0, 0.1) is 23.2 Å². The molecule has 1 N–H and O–H groups in total. The third kappa shape index (κ3) is 5.75. The molecule has 7 nitrogen and oxygen atoms in total. The highest BCUT2D eigenvalue weighted by Gasteiger charge is 2.63. The minimum absolute atomic E-state index is 0.00951. The van der Waals surface area contributed by atoms with Crippen LogP contribution in [0.4, 0.5) is 0 Å². The lowest BCUT2D eigenvalue weighted by atomic mass is 9.64. The number of nitrogens with zero attached hydrogens (tertiary/aromatic N) is 1. The Morgan fingerprint density at radius 3 is 2.61 bits per heavy atom. The number of halogens is 2. The molecule has 1 aromatic rings. The summed E-state index contributed by atoms with van der Waals surface area (Å²) in [4.78, 5) is 42.4. The number of carbonyl (C=O) groups is 3. The summed E-state index contributed by atoms with van der Waals surface area (Å²) in [5.41, 5.74) is 0.111. The molecular weight excluding hydrogens is 527 g/mol. The summed E-state index contributed by atoms with van der Waals surface area (Å²) in [6, 6.07) is 5.16. The number of carbonyl (C=O) groups excluding carboxylic acids is 3. The highest BCUT2D eigenvalue weighted by Crippen LogP contribution is 2.56. The fourth-order valence-corrected chi connectivity index (χ4v) is 6.20. The minimum Gasteiger partial charge on any atom is -0.468 e. The highest BCUT2D eigenvalue weighted by atomic mass is 35.5. The first kappa shape index (κ1) is 28.9. The molecule has 208 valence electrons. The summed E-state index contributed by atoms with van der Waals surface area (Å²) in [7, 11) is 1.37. The van der Waals surface area contributed by atoms with Gasteiger partial charge in [0.15, 0.2) is 0 Å². The molecule has 0 bridgehead atoms. The Hall–Kier alpha value is -2.09. The number of benzene rings is 1. The van der Waals surface area contributed by atoms with Gasteiger partial charge in [0, 0.05) is 34.6 Å². The Morgan fingerprint density at radius 1 is 1.26 bits per heavy atom. The van der Waals surface area contributed by atoms with Gasteiger partial charge >= 0.3 is 5.97 Å². The van der Waals surface area contributed by atoms with Gasteiger partial charge in [-0.15, -0.1) is 0 Å². The zero-order valence-corrected chi connectivity index (χ0v) is 24.1. The summed E-state index contributed by atoms with van der Waals surface area (Å²) in [6.45, 7) is 6.87. The molecule has 2 heterocycles. The van der Waals surface area contributed by atoms with Crippen molar-refractivity contribution in [3.8, 4) is 0 Å². The Kier molecular flexibility index (Phi) is 9.11. The molecule has 2 amide bonds. The second-order valence-electron chi connectivity index (χ2n) is 11.1. The van der Waals surface area contributed by atoms with Crippen LogP contribution in [0.5, 0.6) is 0 Å². The number of amides is 2. The van der Waals surface area contributed by atoms with Crippen molar-refractivity contribution in [3.63, 3.8) is 0 Å². The highest BCUT2D eigenvalue weighted by molar-refractivity contribution is 6.35. The van der Waals surface area contributed by atoms with Gasteiger partial charge in [0.1, 0.15) is 5.41 Å². The van der Waals surface area contributed by atoms with Gasteiger partial charge in [-0.05, 0) is 61.3 Å². The van der Waals surface area contributed by atoms with Crippen molar-refractivity contribution >= 4 is 41.0 Å². The summed E-state index contributed by atoms with van der Waals surface area (Å²) in [6.07, 6.45) is 5.07. The van der Waals surface area contributed by atoms with Crippen LogP contribution in [-0.2, 0) is 30.4 Å². The number of likely N-dealkylation sites (tertiary alicyclic amines) is 1. The number of hydrogen-bond donors (Lipinski definition) is 1. The predicted octanol–water partition coefficient (Wildman–Crippen LogP) is 5.53. The number of fused-ring (bicyclic) bond motifs is 1. The van der Waals surface area contributed by atoms with E-state index in [9.17, 15) is 14.4 Å². The zero-order valence-electron chi connectivity index (χ0n) is 22.6. The standard InChI is InChI=1S/C29H38Cl2N2O5/c1-5-6-11-32-25(34)12-20-15-29(28(36)37-4)24(14-23(17(2)3)38-26(29)18-7-8-18)33(27(20)35)16-19-9-10-21(30)13-22(19)31/h9-10,13-14,17-18,20,23,26H,5-8,11-12,15-16H2,1-4H3,(H,32,34)/t20-,23+,26+,29+/m0/s1. The van der Waals surface area contributed by atoms with E-state index in [4.69, 9.17) is 32.7 Å². The average molecular weight is 566 g/mol. The quantitative estimate of drug-likeness (QED) is 0.298. The zero-order chi connectivity index (χ0) is 27.6. The van der Waals surface area contributed by atoms with Gasteiger partial charge in [-0.3, -0.25) is 14.4 Å². The number of rotatable bonds is 10. The van der Waals surface area contributed by atoms with Gasteiger partial charge in [0.25, 0.3) is 0 Å². The van der Waals surface area contributed by atoms with Crippen LogP contribution in [0.2, 0.25) is 10.0 Å². The van der Waals surface area contributed by atoms with E-state index >= 15 is 0 Å². The summed E-state index contributed by atoms with van der Waals surface area (Å²) < 4.78 is 12.0. The molecule has 3 aliphatic rings. The summed E-state index contributed by atoms with van der Waals surface area (Å²) >= 11 is 12.7. The molecule has 1 saturated carbocycles. The van der Waals surface area contributed by atoms with E-state index in [1.807, 2.05) is 6.08 Å². The smallest absolute Gasteiger partial charge is 0.320 e. The van der Waals surface area contributed by atoms with Crippen LogP contribution in [0.25, 0.3) is 0 Å². The van der Waals surface area contributed by atoms with Crippen LogP contribution in [0.1, 0.15) is 64.9 Å². The molecule has 38 heavy (non-hydrogen) atoms. The van der Waals surface area contributed by atoms with E-state index in [2.05, 4.69) is 26.1 Å². The van der Waals surface area contributed by atoms with Gasteiger partial charge < -0.3 is 19.7 Å². The number of nitrogens with one attached hydrogen (secondary N) is 1. The third-order valence-electron chi connectivity index (χ3n) is 7.93. The largest absolute Gasteiger partial charge is 0.468 e. The maximum atomic E-state index is 14.1. The first-order valence-electron chi connectivity index (χ1n) is 13.6. The number of ether oxygens (including phenoxy) is 2. The SMILES string of the molecule is CCCCNC(=O)C[C@H]1C[C@@]2(C(=O)OC)C(=C[C@H](C(C)C)O[C@@H]2C2CC2)N(Cc2ccc(Cl)cc2Cl)C1=O. The van der Waals surface area contributed by atoms with Crippen molar-refractivity contribution in [2.24, 2.45) is 23.2 Å². The molecule has 2 aliphatic heterocycles. The Labute approximate surface area is 235 Å². The first-order valence-corrected chi connectivity index (χ1v) is 14.4. The number of methoxy groups -OCH3 is 1. The van der Waals surface area contributed by atoms with Crippen molar-refractivity contribution in [2.75, 3.05) is 13.7 Å². The topological polar surface area (TPSA) is 84.9 Å². The molecule has 0 unspecified atom stereocenters. The predicted molar refractivity (Wildman–Crippen MR) is 146 cm³/mol. The van der Waals surface area contributed by atoms with Crippen LogP contribution in [0.15, 0.2) is 30.0 Å². The molecule has 0 aromatic heterocycles. The van der Waals surface area contributed by atoms with Crippen molar-refractivity contribution in [2.45, 2.75) is 78.0 Å². The van der Waals surface area contributed by atoms with Crippen molar-refractivity contribution in [1.82, 2.24) is 10.2 Å². The molecule has 1 aromatic carbocycles. The molecular formula is C29H38Cl2N2O5. The lowest BCUT2D eigenvalue weighted by Crippen LogP contribution is -2.61. The molecule has 1 saturated heterocycles. The number of hydrogen-bond acceptors (Lipinski definition) is 5. The first-order chi connectivity index (χ1) is 18.1. The fraction of sp³-hybridized carbons (Fsp3) is 0.621. The Bertz CT molecular complexity index is 1100. The van der Waals surface area contributed by atoms with Gasteiger partial charge in [0.2, 0.25) is 11.8 Å². The second kappa shape index (κ2) is 12.0. The van der Waals surface area contributed by atoms with E-state index in [0.29, 0.717) is 27.9 Å². The van der Waals surface area contributed by atoms with E-state index in [1.165, 1.54) is 7.11 Å². The van der Waals surface area contributed by atoms with Crippen molar-refractivity contribution in [1.29, 1.82) is 0 Å². The molecule has 0 spiro atoms. The fourth-order valence-electron chi connectivity index (χ4n) is 5.73. The monoisotopic (exact) mass is 564 g/mol. The van der Waals surface area contributed by atoms with Gasteiger partial charge in [-0.25, -0.2) is 0 Å². The Morgan fingerprint density at radius 2 is 2.00 bits per heavy atom. The number of piperidine rings is 1. The molecule has 4 rings (SSSR count). The van der Waals surface area contributed by atoms with Crippen molar-refractivity contribution < 1.29 is 23.9 Å². The minimum atomic E-state index is -1.19. The van der Waals surface area contributed by atoms with Gasteiger partial charge in [0.05, 0.1) is 25.9 Å². The average Bonchev–Trinajstić information content (AvgIpc) is 3.72. The normalized spacial score (nSPS) is 27.1. The Balaban J connectivity index is 1.80. The van der Waals surface area contributed by atoms with Crippen LogP contribution in [-0.4, -0.2) is 48.5 Å². The van der Waals surface area contributed by atoms with Crippen LogP contribution >= 0.6 is 23.2 Å². The van der Waals surface area contributed by atoms with E-state index in [-0.39, 0.29) is 49.1 Å². The van der Waals surface area contributed by atoms with E-state index < -0.39 is 23.4 Å². The lowest BCUT2D eigenvalue weighted by molar-refractivity contribution is -0.182.